The molecular formula is C11H18O. The zero-order valence-electron chi connectivity index (χ0n) is 8.10. The van der Waals surface area contributed by atoms with Gasteiger partial charge in [0, 0.05) is 5.92 Å². The van der Waals surface area contributed by atoms with Crippen LogP contribution in [0.3, 0.4) is 0 Å². The van der Waals surface area contributed by atoms with E-state index in [2.05, 4.69) is 13.8 Å². The van der Waals surface area contributed by atoms with Crippen LogP contribution in [0.5, 0.6) is 0 Å². The third-order valence-electron chi connectivity index (χ3n) is 3.78. The first-order valence-corrected chi connectivity index (χ1v) is 5.03. The highest BCUT2D eigenvalue weighted by Gasteiger charge is 2.56. The molecule has 2 atom stereocenters. The number of rotatable bonds is 1. The quantitative estimate of drug-likeness (QED) is 0.547. The molecule has 2 rings (SSSR count). The van der Waals surface area contributed by atoms with Gasteiger partial charge in [0.2, 0.25) is 0 Å². The molecule has 0 N–H and O–H groups in total. The molecule has 1 nitrogen and oxygen atoms in total. The van der Waals surface area contributed by atoms with Gasteiger partial charge in [0.15, 0.2) is 0 Å². The molecular weight excluding hydrogens is 148 g/mol. The number of hydrogen-bond donors (Lipinski definition) is 0. The molecule has 2 saturated carbocycles. The fraction of sp³-hybridized carbons (Fsp3) is 0.909. The largest absolute Gasteiger partial charge is 0.303 e. The second-order valence-corrected chi connectivity index (χ2v) is 5.50. The molecule has 12 heavy (non-hydrogen) atoms. The lowest BCUT2D eigenvalue weighted by Gasteiger charge is -2.35. The second kappa shape index (κ2) is 2.34. The van der Waals surface area contributed by atoms with Crippen LogP contribution in [0.15, 0.2) is 0 Å². The van der Waals surface area contributed by atoms with E-state index in [4.69, 9.17) is 0 Å². The maximum Gasteiger partial charge on any atom is 0.123 e. The third-order valence-corrected chi connectivity index (χ3v) is 3.78. The molecule has 0 amide bonds. The van der Waals surface area contributed by atoms with E-state index in [9.17, 15) is 4.79 Å². The van der Waals surface area contributed by atoms with Gasteiger partial charge in [0.1, 0.15) is 6.29 Å². The van der Waals surface area contributed by atoms with Crippen LogP contribution in [0.25, 0.3) is 0 Å². The van der Waals surface area contributed by atoms with Gasteiger partial charge in [-0.05, 0) is 36.5 Å². The predicted molar refractivity (Wildman–Crippen MR) is 48.9 cm³/mol. The third kappa shape index (κ3) is 1.19. The van der Waals surface area contributed by atoms with Crippen molar-refractivity contribution in [3.63, 3.8) is 0 Å². The Morgan fingerprint density at radius 3 is 2.58 bits per heavy atom. The van der Waals surface area contributed by atoms with Gasteiger partial charge in [-0.15, -0.1) is 0 Å². The summed E-state index contributed by atoms with van der Waals surface area (Å²) >= 11 is 0. The normalized spacial score (nSPS) is 44.3. The lowest BCUT2D eigenvalue weighted by molar-refractivity contribution is -0.109. The van der Waals surface area contributed by atoms with Crippen LogP contribution < -0.4 is 0 Å². The van der Waals surface area contributed by atoms with Crippen molar-refractivity contribution in [2.45, 2.75) is 46.0 Å². The molecule has 2 aliphatic carbocycles. The number of aldehydes is 1. The molecule has 0 saturated heterocycles. The summed E-state index contributed by atoms with van der Waals surface area (Å²) in [5.74, 6) is 0.414. The van der Waals surface area contributed by atoms with E-state index in [1.165, 1.54) is 38.4 Å². The molecule has 0 aromatic carbocycles. The van der Waals surface area contributed by atoms with E-state index in [1.807, 2.05) is 0 Å². The van der Waals surface area contributed by atoms with Crippen molar-refractivity contribution < 1.29 is 4.79 Å². The molecule has 2 aliphatic rings. The molecule has 2 fully saturated rings. The number of hydrogen-bond acceptors (Lipinski definition) is 1. The van der Waals surface area contributed by atoms with Crippen LogP contribution >= 0.6 is 0 Å². The van der Waals surface area contributed by atoms with E-state index >= 15 is 0 Å². The Morgan fingerprint density at radius 1 is 1.33 bits per heavy atom. The van der Waals surface area contributed by atoms with Crippen molar-refractivity contribution in [3.05, 3.63) is 0 Å². The maximum absolute atomic E-state index is 10.7. The highest BCUT2D eigenvalue weighted by atomic mass is 16.1. The Kier molecular flexibility index (Phi) is 1.61. The minimum atomic E-state index is 0.414. The Bertz CT molecular complexity index is 207. The fourth-order valence-corrected chi connectivity index (χ4v) is 3.11. The topological polar surface area (TPSA) is 17.1 Å². The van der Waals surface area contributed by atoms with Crippen molar-refractivity contribution in [2.75, 3.05) is 0 Å². The highest BCUT2D eigenvalue weighted by molar-refractivity contribution is 5.60. The first-order chi connectivity index (χ1) is 5.58. The average Bonchev–Trinajstić information content (AvgIpc) is 2.60. The van der Waals surface area contributed by atoms with Gasteiger partial charge in [0.05, 0.1) is 0 Å². The first kappa shape index (κ1) is 8.28. The summed E-state index contributed by atoms with van der Waals surface area (Å²) in [4.78, 5) is 10.7. The van der Waals surface area contributed by atoms with Crippen LogP contribution in [0.2, 0.25) is 0 Å². The van der Waals surface area contributed by atoms with E-state index in [-0.39, 0.29) is 0 Å². The van der Waals surface area contributed by atoms with Crippen molar-refractivity contribution in [2.24, 2.45) is 16.7 Å². The van der Waals surface area contributed by atoms with Crippen molar-refractivity contribution in [1.29, 1.82) is 0 Å². The summed E-state index contributed by atoms with van der Waals surface area (Å²) in [6.07, 6.45) is 7.63. The van der Waals surface area contributed by atoms with Crippen LogP contribution in [-0.4, -0.2) is 6.29 Å². The monoisotopic (exact) mass is 166 g/mol. The summed E-state index contributed by atoms with van der Waals surface area (Å²) in [7, 11) is 0. The van der Waals surface area contributed by atoms with Gasteiger partial charge in [0.25, 0.3) is 0 Å². The molecule has 68 valence electrons. The van der Waals surface area contributed by atoms with Crippen molar-refractivity contribution in [1.82, 2.24) is 0 Å². The standard InChI is InChI=1S/C11H18O/c1-10(2)4-3-5-11(8-10)6-9(11)7-12/h7,9H,3-6,8H2,1-2H3. The molecule has 0 aliphatic heterocycles. The summed E-state index contributed by atoms with van der Waals surface area (Å²) in [5, 5.41) is 0. The zero-order valence-corrected chi connectivity index (χ0v) is 8.10. The molecule has 0 radical (unpaired) electrons. The Hall–Kier alpha value is -0.330. The van der Waals surface area contributed by atoms with Crippen LogP contribution in [-0.2, 0) is 4.79 Å². The average molecular weight is 166 g/mol. The Balaban J connectivity index is 2.06. The molecule has 1 heteroatoms. The number of carbonyl (C=O) groups excluding carboxylic acids is 1. The van der Waals surface area contributed by atoms with Crippen molar-refractivity contribution >= 4 is 6.29 Å². The summed E-state index contributed by atoms with van der Waals surface area (Å²) in [6, 6.07) is 0. The molecule has 0 heterocycles. The summed E-state index contributed by atoms with van der Waals surface area (Å²) < 4.78 is 0. The molecule has 0 aromatic rings. The second-order valence-electron chi connectivity index (χ2n) is 5.50. The SMILES string of the molecule is CC1(C)CCCC2(CC2C=O)C1. The first-order valence-electron chi connectivity index (χ1n) is 5.03. The zero-order chi connectivity index (χ0) is 8.82. The Labute approximate surface area is 74.5 Å². The van der Waals surface area contributed by atoms with Gasteiger partial charge in [-0.2, -0.15) is 0 Å². The van der Waals surface area contributed by atoms with Gasteiger partial charge >= 0.3 is 0 Å². The highest BCUT2D eigenvalue weighted by Crippen LogP contribution is 2.64. The van der Waals surface area contributed by atoms with Crippen molar-refractivity contribution in [3.8, 4) is 0 Å². The van der Waals surface area contributed by atoms with Crippen LogP contribution in [0.4, 0.5) is 0 Å². The minimum absolute atomic E-state index is 0.414. The fourth-order valence-electron chi connectivity index (χ4n) is 3.11. The summed E-state index contributed by atoms with van der Waals surface area (Å²) in [5.41, 5.74) is 0.958. The predicted octanol–water partition coefficient (Wildman–Crippen LogP) is 2.79. The molecule has 1 spiro atoms. The van der Waals surface area contributed by atoms with Gasteiger partial charge < -0.3 is 4.79 Å². The smallest absolute Gasteiger partial charge is 0.123 e. The van der Waals surface area contributed by atoms with E-state index in [1.54, 1.807) is 0 Å². The van der Waals surface area contributed by atoms with Gasteiger partial charge in [-0.25, -0.2) is 0 Å². The van der Waals surface area contributed by atoms with Crippen LogP contribution in [0.1, 0.15) is 46.0 Å². The van der Waals surface area contributed by atoms with E-state index in [0.29, 0.717) is 16.7 Å². The van der Waals surface area contributed by atoms with Crippen LogP contribution in [0, 0.1) is 16.7 Å². The molecule has 0 bridgehead atoms. The minimum Gasteiger partial charge on any atom is -0.303 e. The summed E-state index contributed by atoms with van der Waals surface area (Å²) in [6.45, 7) is 4.68. The lowest BCUT2D eigenvalue weighted by atomic mass is 9.69. The molecule has 2 unspecified atom stereocenters. The van der Waals surface area contributed by atoms with E-state index < -0.39 is 0 Å². The van der Waals surface area contributed by atoms with E-state index in [0.717, 1.165) is 0 Å². The Morgan fingerprint density at radius 2 is 2.08 bits per heavy atom. The van der Waals surface area contributed by atoms with Gasteiger partial charge in [-0.3, -0.25) is 0 Å². The number of carbonyl (C=O) groups is 1. The lowest BCUT2D eigenvalue weighted by Crippen LogP contribution is -2.25. The maximum atomic E-state index is 10.7. The molecule has 0 aromatic heterocycles. The van der Waals surface area contributed by atoms with Gasteiger partial charge in [-0.1, -0.05) is 20.3 Å².